The number of fused-ring (bicyclic) bond motifs is 1. The molecule has 0 aromatic rings. The van der Waals surface area contributed by atoms with Crippen molar-refractivity contribution >= 4 is 21.7 Å². The summed E-state index contributed by atoms with van der Waals surface area (Å²) in [5, 5.41) is 0. The smallest absolute Gasteiger partial charge is 0.246 e. The van der Waals surface area contributed by atoms with Crippen LogP contribution in [0.2, 0.25) is 0 Å². The van der Waals surface area contributed by atoms with Crippen LogP contribution in [0.3, 0.4) is 0 Å². The number of hydrogen-bond donors (Lipinski definition) is 0. The molecule has 6 nitrogen and oxygen atoms in total. The molecule has 0 aromatic heterocycles. The molecule has 3 atom stereocenters. The van der Waals surface area contributed by atoms with Gasteiger partial charge in [0.05, 0.1) is 5.75 Å². The monoisotopic (exact) mass is 316 g/mol. The lowest BCUT2D eigenvalue weighted by Crippen LogP contribution is -2.67. The fourth-order valence-electron chi connectivity index (χ4n) is 3.50. The van der Waals surface area contributed by atoms with Gasteiger partial charge in [-0.3, -0.25) is 9.59 Å². The summed E-state index contributed by atoms with van der Waals surface area (Å²) in [6.45, 7) is 4.22. The molecular formula is C14H24N2O4S. The predicted octanol–water partition coefficient (Wildman–Crippen LogP) is 0.421. The van der Waals surface area contributed by atoms with Gasteiger partial charge in [-0.05, 0) is 32.6 Å². The van der Waals surface area contributed by atoms with Gasteiger partial charge in [-0.25, -0.2) is 8.42 Å². The van der Waals surface area contributed by atoms with Gasteiger partial charge in [0, 0.05) is 18.8 Å². The molecule has 0 radical (unpaired) electrons. The average molecular weight is 316 g/mol. The number of piperidine rings is 1. The molecule has 7 heteroatoms. The molecule has 2 heterocycles. The molecule has 0 bridgehead atoms. The second-order valence-electron chi connectivity index (χ2n) is 6.15. The average Bonchev–Trinajstić information content (AvgIpc) is 2.40. The first-order valence-corrected chi connectivity index (χ1v) is 9.62. The Hall–Kier alpha value is -1.11. The third kappa shape index (κ3) is 3.22. The number of sulfone groups is 1. The van der Waals surface area contributed by atoms with Crippen LogP contribution in [-0.4, -0.2) is 66.7 Å². The summed E-state index contributed by atoms with van der Waals surface area (Å²) in [4.78, 5) is 28.6. The predicted molar refractivity (Wildman–Crippen MR) is 79.4 cm³/mol. The lowest BCUT2D eigenvalue weighted by atomic mass is 9.93. The van der Waals surface area contributed by atoms with Crippen LogP contribution < -0.4 is 0 Å². The Morgan fingerprint density at radius 3 is 2.48 bits per heavy atom. The Kier molecular flexibility index (Phi) is 4.60. The van der Waals surface area contributed by atoms with E-state index in [2.05, 4.69) is 0 Å². The maximum Gasteiger partial charge on any atom is 0.246 e. The fourth-order valence-corrected chi connectivity index (χ4v) is 4.54. The molecule has 2 aliphatic rings. The maximum atomic E-state index is 12.7. The zero-order valence-electron chi connectivity index (χ0n) is 12.9. The van der Waals surface area contributed by atoms with E-state index in [4.69, 9.17) is 0 Å². The second kappa shape index (κ2) is 5.94. The molecule has 0 N–H and O–H groups in total. The normalized spacial score (nSPS) is 28.5. The zero-order valence-corrected chi connectivity index (χ0v) is 13.7. The quantitative estimate of drug-likeness (QED) is 0.753. The van der Waals surface area contributed by atoms with E-state index in [0.29, 0.717) is 19.4 Å². The van der Waals surface area contributed by atoms with Gasteiger partial charge in [0.1, 0.15) is 21.9 Å². The van der Waals surface area contributed by atoms with Crippen molar-refractivity contribution in [1.82, 2.24) is 9.80 Å². The van der Waals surface area contributed by atoms with Crippen molar-refractivity contribution in [3.63, 3.8) is 0 Å². The molecule has 0 aliphatic carbocycles. The maximum absolute atomic E-state index is 12.7. The summed E-state index contributed by atoms with van der Waals surface area (Å²) in [6.07, 6.45) is 4.23. The van der Waals surface area contributed by atoms with E-state index in [1.807, 2.05) is 6.92 Å². The first kappa shape index (κ1) is 16.3. The largest absolute Gasteiger partial charge is 0.329 e. The highest BCUT2D eigenvalue weighted by molar-refractivity contribution is 7.90. The number of carbonyl (C=O) groups is 2. The van der Waals surface area contributed by atoms with Crippen molar-refractivity contribution in [1.29, 1.82) is 0 Å². The van der Waals surface area contributed by atoms with Gasteiger partial charge in [-0.2, -0.15) is 0 Å². The van der Waals surface area contributed by atoms with Crippen LogP contribution in [-0.2, 0) is 19.4 Å². The number of hydrogen-bond acceptors (Lipinski definition) is 4. The summed E-state index contributed by atoms with van der Waals surface area (Å²) in [6, 6.07) is -1.38. The van der Waals surface area contributed by atoms with Crippen molar-refractivity contribution < 1.29 is 18.0 Å². The molecule has 2 amide bonds. The lowest BCUT2D eigenvalue weighted by molar-refractivity contribution is -0.165. The van der Waals surface area contributed by atoms with E-state index in [1.54, 1.807) is 11.8 Å². The van der Waals surface area contributed by atoms with Crippen LogP contribution in [0.15, 0.2) is 0 Å². The highest BCUT2D eigenvalue weighted by atomic mass is 32.2. The van der Waals surface area contributed by atoms with Crippen molar-refractivity contribution in [3.05, 3.63) is 0 Å². The van der Waals surface area contributed by atoms with E-state index in [0.717, 1.165) is 19.1 Å². The van der Waals surface area contributed by atoms with E-state index < -0.39 is 28.0 Å². The summed E-state index contributed by atoms with van der Waals surface area (Å²) >= 11 is 0. The third-order valence-corrected chi connectivity index (χ3v) is 5.44. The molecule has 120 valence electrons. The van der Waals surface area contributed by atoms with Crippen LogP contribution in [0, 0.1) is 0 Å². The van der Waals surface area contributed by atoms with Crippen molar-refractivity contribution in [2.45, 2.75) is 57.7 Å². The molecule has 21 heavy (non-hydrogen) atoms. The minimum absolute atomic E-state index is 0.0258. The fraction of sp³-hybridized carbons (Fsp3) is 0.857. The van der Waals surface area contributed by atoms with E-state index >= 15 is 0 Å². The van der Waals surface area contributed by atoms with E-state index in [-0.39, 0.29) is 17.6 Å². The van der Waals surface area contributed by atoms with Gasteiger partial charge in [-0.1, -0.05) is 6.92 Å². The molecule has 2 fully saturated rings. The van der Waals surface area contributed by atoms with Gasteiger partial charge in [0.15, 0.2) is 0 Å². The Morgan fingerprint density at radius 1 is 1.24 bits per heavy atom. The van der Waals surface area contributed by atoms with Gasteiger partial charge >= 0.3 is 0 Å². The van der Waals surface area contributed by atoms with E-state index in [9.17, 15) is 18.0 Å². The molecule has 2 aliphatic heterocycles. The first-order chi connectivity index (χ1) is 9.76. The van der Waals surface area contributed by atoms with Crippen molar-refractivity contribution in [2.24, 2.45) is 0 Å². The number of nitrogens with zero attached hydrogens (tertiary/aromatic N) is 2. The Bertz CT molecular complexity index is 531. The van der Waals surface area contributed by atoms with Gasteiger partial charge in [0.25, 0.3) is 0 Å². The van der Waals surface area contributed by atoms with Crippen LogP contribution in [0.1, 0.15) is 39.5 Å². The summed E-state index contributed by atoms with van der Waals surface area (Å²) in [7, 11) is -3.19. The molecule has 2 rings (SSSR count). The van der Waals surface area contributed by atoms with E-state index in [1.165, 1.54) is 4.90 Å². The Balaban J connectivity index is 2.29. The topological polar surface area (TPSA) is 74.8 Å². The Morgan fingerprint density at radius 2 is 1.90 bits per heavy atom. The number of piperazine rings is 1. The first-order valence-electron chi connectivity index (χ1n) is 7.56. The molecule has 0 saturated carbocycles. The number of rotatable bonds is 4. The van der Waals surface area contributed by atoms with Crippen LogP contribution in [0.4, 0.5) is 0 Å². The molecule has 2 saturated heterocycles. The molecule has 0 aromatic carbocycles. The number of carbonyl (C=O) groups excluding carboxylic acids is 2. The SMILES string of the molecule is CCC1C(=O)N2CCCCC2C(=O)N1C(C)CS(C)(=O)=O. The lowest BCUT2D eigenvalue weighted by Gasteiger charge is -2.48. The standard InChI is InChI=1S/C14H24N2O4S/c1-4-11-13(17)15-8-6-5-7-12(15)14(18)16(11)10(2)9-21(3,19)20/h10-12H,4-9H2,1-3H3. The third-order valence-electron chi connectivity index (χ3n) is 4.35. The second-order valence-corrected chi connectivity index (χ2v) is 8.34. The minimum Gasteiger partial charge on any atom is -0.329 e. The highest BCUT2D eigenvalue weighted by Crippen LogP contribution is 2.29. The molecule has 0 spiro atoms. The Labute approximate surface area is 126 Å². The van der Waals surface area contributed by atoms with Gasteiger partial charge in [-0.15, -0.1) is 0 Å². The highest BCUT2D eigenvalue weighted by Gasteiger charge is 2.47. The molecule has 3 unspecified atom stereocenters. The summed E-state index contributed by atoms with van der Waals surface area (Å²) < 4.78 is 23.0. The summed E-state index contributed by atoms with van der Waals surface area (Å²) in [5.74, 6) is -0.214. The van der Waals surface area contributed by atoms with Gasteiger partial charge < -0.3 is 9.80 Å². The van der Waals surface area contributed by atoms with Crippen LogP contribution in [0.25, 0.3) is 0 Å². The van der Waals surface area contributed by atoms with Crippen molar-refractivity contribution in [2.75, 3.05) is 18.6 Å². The van der Waals surface area contributed by atoms with Crippen LogP contribution >= 0.6 is 0 Å². The van der Waals surface area contributed by atoms with Gasteiger partial charge in [0.2, 0.25) is 11.8 Å². The summed E-state index contributed by atoms with van der Waals surface area (Å²) in [5.41, 5.74) is 0. The van der Waals surface area contributed by atoms with Crippen molar-refractivity contribution in [3.8, 4) is 0 Å². The minimum atomic E-state index is -3.19. The molecular weight excluding hydrogens is 292 g/mol. The number of amides is 2. The zero-order chi connectivity index (χ0) is 15.8. The van der Waals surface area contributed by atoms with Crippen LogP contribution in [0.5, 0.6) is 0 Å².